The highest BCUT2D eigenvalue weighted by Gasteiger charge is 2.25. The van der Waals surface area contributed by atoms with Crippen LogP contribution in [-0.4, -0.2) is 28.7 Å². The van der Waals surface area contributed by atoms with Crippen LogP contribution in [0.3, 0.4) is 0 Å². The van der Waals surface area contributed by atoms with Crippen molar-refractivity contribution >= 4 is 65.4 Å². The van der Waals surface area contributed by atoms with Crippen molar-refractivity contribution in [2.75, 3.05) is 0 Å². The number of benzene rings is 10. The third kappa shape index (κ3) is 6.16. The van der Waals surface area contributed by atoms with Gasteiger partial charge in [-0.3, -0.25) is 0 Å². The van der Waals surface area contributed by atoms with Gasteiger partial charge in [-0.05, 0) is 78.4 Å². The van der Waals surface area contributed by atoms with Gasteiger partial charge < -0.3 is 13.7 Å². The number of rotatable bonds is 7. The molecule has 69 heavy (non-hydrogen) atoms. The summed E-state index contributed by atoms with van der Waals surface area (Å²) in [6.07, 6.45) is 0. The van der Waals surface area contributed by atoms with Crippen LogP contribution in [0, 0.1) is 0 Å². The van der Waals surface area contributed by atoms with E-state index in [1.807, 2.05) is 18.2 Å². The molecule has 0 N–H and O–H groups in total. The maximum atomic E-state index is 5.44. The fraction of sp³-hybridized carbons (Fsp3) is 0. The minimum atomic E-state index is 0.578. The lowest BCUT2D eigenvalue weighted by molar-refractivity contribution is 1.07. The minimum Gasteiger partial charge on any atom is -0.309 e. The van der Waals surface area contributed by atoms with Crippen molar-refractivity contribution in [3.63, 3.8) is 0 Å². The molecule has 0 radical (unpaired) electrons. The molecule has 0 unspecified atom stereocenters. The lowest BCUT2D eigenvalue weighted by Gasteiger charge is -2.22. The van der Waals surface area contributed by atoms with E-state index in [1.54, 1.807) is 0 Å². The molecule has 6 heteroatoms. The molecule has 0 aliphatic heterocycles. The van der Waals surface area contributed by atoms with E-state index in [0.29, 0.717) is 17.5 Å². The van der Waals surface area contributed by atoms with E-state index < -0.39 is 0 Å². The summed E-state index contributed by atoms with van der Waals surface area (Å²) in [5.41, 5.74) is 14.8. The van der Waals surface area contributed by atoms with Crippen LogP contribution in [0.5, 0.6) is 0 Å². The largest absolute Gasteiger partial charge is 0.309 e. The Balaban J connectivity index is 1.06. The normalized spacial score (nSPS) is 11.8. The molecular weight excluding hydrogens is 841 g/mol. The third-order valence-corrected chi connectivity index (χ3v) is 13.7. The molecule has 0 atom stereocenters. The molecule has 6 nitrogen and oxygen atoms in total. The van der Waals surface area contributed by atoms with Crippen molar-refractivity contribution in [2.45, 2.75) is 0 Å². The predicted molar refractivity (Wildman–Crippen MR) is 285 cm³/mol. The van der Waals surface area contributed by atoms with Crippen LogP contribution in [0.2, 0.25) is 0 Å². The van der Waals surface area contributed by atoms with Gasteiger partial charge in [0.05, 0.1) is 44.5 Å². The van der Waals surface area contributed by atoms with Crippen molar-refractivity contribution in [3.05, 3.63) is 243 Å². The zero-order valence-electron chi connectivity index (χ0n) is 37.3. The molecule has 0 saturated carbocycles. The highest BCUT2D eigenvalue weighted by atomic mass is 15.1. The predicted octanol–water partition coefficient (Wildman–Crippen LogP) is 15.8. The fourth-order valence-corrected chi connectivity index (χ4v) is 10.7. The molecule has 10 aromatic carbocycles. The van der Waals surface area contributed by atoms with Crippen molar-refractivity contribution in [1.29, 1.82) is 0 Å². The summed E-state index contributed by atoms with van der Waals surface area (Å²) in [5.74, 6) is 1.77. The van der Waals surface area contributed by atoms with Crippen LogP contribution in [0.4, 0.5) is 0 Å². The molecule has 0 amide bonds. The highest BCUT2D eigenvalue weighted by Crippen LogP contribution is 2.44. The zero-order chi connectivity index (χ0) is 45.4. The van der Waals surface area contributed by atoms with Gasteiger partial charge in [0, 0.05) is 60.3 Å². The zero-order valence-corrected chi connectivity index (χ0v) is 37.3. The van der Waals surface area contributed by atoms with Gasteiger partial charge in [-0.1, -0.05) is 170 Å². The van der Waals surface area contributed by atoms with Crippen LogP contribution in [0.15, 0.2) is 243 Å². The summed E-state index contributed by atoms with van der Waals surface area (Å²) in [5, 5.41) is 7.21. The van der Waals surface area contributed by atoms with E-state index in [9.17, 15) is 0 Å². The van der Waals surface area contributed by atoms with E-state index in [1.165, 1.54) is 32.3 Å². The topological polar surface area (TPSA) is 53.5 Å². The summed E-state index contributed by atoms with van der Waals surface area (Å²) >= 11 is 0. The van der Waals surface area contributed by atoms with Crippen LogP contribution in [0.25, 0.3) is 128 Å². The average Bonchev–Trinajstić information content (AvgIpc) is 4.07. The Morgan fingerprint density at radius 3 is 0.899 bits per heavy atom. The second-order valence-electron chi connectivity index (χ2n) is 17.6. The Hall–Kier alpha value is -9.39. The Kier molecular flexibility index (Phi) is 8.79. The van der Waals surface area contributed by atoms with Gasteiger partial charge in [0.15, 0.2) is 17.5 Å². The van der Waals surface area contributed by atoms with Crippen molar-refractivity contribution in [3.8, 4) is 62.4 Å². The van der Waals surface area contributed by atoms with Gasteiger partial charge >= 0.3 is 0 Å². The van der Waals surface area contributed by atoms with Gasteiger partial charge in [0.1, 0.15) is 0 Å². The molecule has 0 fully saturated rings. The quantitative estimate of drug-likeness (QED) is 0.160. The SMILES string of the molecule is c1ccc(-c2nc(-c3ccc(-n4c5ccccc5c5ccccc54)cc3)nc(-c3cc(-n4c5ccccc5c5ccccc54)c(-c4ccccc4)c(-n4c5ccccc5c5ccccc54)c3)n2)cc1. The molecule has 4 aromatic heterocycles. The molecule has 0 aliphatic carbocycles. The van der Waals surface area contributed by atoms with Crippen molar-refractivity contribution in [1.82, 2.24) is 28.7 Å². The van der Waals surface area contributed by atoms with E-state index in [4.69, 9.17) is 15.0 Å². The first-order valence-corrected chi connectivity index (χ1v) is 23.4. The molecule has 0 aliphatic rings. The third-order valence-electron chi connectivity index (χ3n) is 13.7. The lowest BCUT2D eigenvalue weighted by atomic mass is 9.97. The van der Waals surface area contributed by atoms with E-state index in [2.05, 4.69) is 238 Å². The Morgan fingerprint density at radius 1 is 0.232 bits per heavy atom. The Morgan fingerprint density at radius 2 is 0.522 bits per heavy atom. The molecule has 14 rings (SSSR count). The molecule has 322 valence electrons. The van der Waals surface area contributed by atoms with Crippen LogP contribution >= 0.6 is 0 Å². The molecular formula is C63H40N6. The smallest absolute Gasteiger partial charge is 0.164 e. The summed E-state index contributed by atoms with van der Waals surface area (Å²) in [6, 6.07) is 86.3. The molecule has 0 bridgehead atoms. The number of aromatic nitrogens is 6. The number of para-hydroxylation sites is 6. The van der Waals surface area contributed by atoms with Crippen LogP contribution < -0.4 is 0 Å². The van der Waals surface area contributed by atoms with Gasteiger partial charge in [-0.2, -0.15) is 0 Å². The first kappa shape index (κ1) is 38.8. The summed E-state index contributed by atoms with van der Waals surface area (Å²) in [6.45, 7) is 0. The monoisotopic (exact) mass is 880 g/mol. The van der Waals surface area contributed by atoms with Crippen molar-refractivity contribution < 1.29 is 0 Å². The Bertz CT molecular complexity index is 4000. The molecule has 4 heterocycles. The number of hydrogen-bond donors (Lipinski definition) is 0. The maximum Gasteiger partial charge on any atom is 0.164 e. The molecule has 14 aromatic rings. The lowest BCUT2D eigenvalue weighted by Crippen LogP contribution is -2.06. The fourth-order valence-electron chi connectivity index (χ4n) is 10.7. The second-order valence-corrected chi connectivity index (χ2v) is 17.6. The van der Waals surface area contributed by atoms with Crippen LogP contribution in [-0.2, 0) is 0 Å². The average molecular weight is 881 g/mol. The van der Waals surface area contributed by atoms with E-state index in [0.717, 1.165) is 78.0 Å². The maximum absolute atomic E-state index is 5.44. The summed E-state index contributed by atoms with van der Waals surface area (Å²) in [4.78, 5) is 16.0. The van der Waals surface area contributed by atoms with E-state index >= 15 is 0 Å². The minimum absolute atomic E-state index is 0.578. The summed E-state index contributed by atoms with van der Waals surface area (Å²) < 4.78 is 7.20. The highest BCUT2D eigenvalue weighted by molar-refractivity contribution is 6.13. The Labute approximate surface area is 397 Å². The van der Waals surface area contributed by atoms with Crippen LogP contribution in [0.1, 0.15) is 0 Å². The standard InChI is InChI=1S/C63H40N6/c1-3-19-41(20-4-1)60-58(68-54-31-15-9-25-48(54)49-26-10-16-32-55(49)68)39-44(40-59(60)69-56-33-17-11-27-50(56)51-28-12-18-34-57(51)69)63-65-61(42-21-5-2-6-22-42)64-62(66-63)43-35-37-45(38-36-43)67-52-29-13-7-23-46(52)47-24-8-14-30-53(47)67/h1-40H. The van der Waals surface area contributed by atoms with Gasteiger partial charge in [-0.15, -0.1) is 0 Å². The van der Waals surface area contributed by atoms with Crippen molar-refractivity contribution in [2.24, 2.45) is 0 Å². The summed E-state index contributed by atoms with van der Waals surface area (Å²) in [7, 11) is 0. The second kappa shape index (κ2) is 15.6. The van der Waals surface area contributed by atoms with Gasteiger partial charge in [0.2, 0.25) is 0 Å². The number of hydrogen-bond acceptors (Lipinski definition) is 3. The van der Waals surface area contributed by atoms with E-state index in [-0.39, 0.29) is 0 Å². The van der Waals surface area contributed by atoms with Gasteiger partial charge in [0.25, 0.3) is 0 Å². The molecule has 0 spiro atoms. The van der Waals surface area contributed by atoms with Gasteiger partial charge in [-0.25, -0.2) is 15.0 Å². The first-order chi connectivity index (χ1) is 34.2. The first-order valence-electron chi connectivity index (χ1n) is 23.4. The number of nitrogens with zero attached hydrogens (tertiary/aromatic N) is 6. The molecule has 0 saturated heterocycles. The number of fused-ring (bicyclic) bond motifs is 9.